The molecule has 69 heavy (non-hydrogen) atoms. The largest absolute Gasteiger partial charge is 0.386 e. The molecule has 9 rings (SSSR count). The van der Waals surface area contributed by atoms with Crippen molar-refractivity contribution in [1.82, 2.24) is 30.1 Å². The van der Waals surface area contributed by atoms with Gasteiger partial charge in [0.25, 0.3) is 11.8 Å². The van der Waals surface area contributed by atoms with Gasteiger partial charge in [0.2, 0.25) is 5.91 Å². The van der Waals surface area contributed by atoms with Gasteiger partial charge in [-0.2, -0.15) is 0 Å². The number of fused-ring (bicyclic) bond motifs is 1. The number of imide groups is 1. The second-order valence-corrected chi connectivity index (χ2v) is 18.9. The number of anilines is 2. The molecule has 3 fully saturated rings. The molecule has 5 heterocycles. The molecule has 0 spiro atoms. The first-order valence-electron chi connectivity index (χ1n) is 23.5. The van der Waals surface area contributed by atoms with Crippen LogP contribution in [0.25, 0.3) is 33.5 Å². The van der Waals surface area contributed by atoms with Gasteiger partial charge < -0.3 is 29.9 Å². The maximum atomic E-state index is 15.2. The number of hydrogen-bond acceptors (Lipinski definition) is 9. The molecule has 4 aromatic carbocycles. The van der Waals surface area contributed by atoms with Gasteiger partial charge in [-0.15, -0.1) is 0 Å². The van der Waals surface area contributed by atoms with Crippen molar-refractivity contribution in [3.8, 4) is 22.5 Å². The highest BCUT2D eigenvalue weighted by molar-refractivity contribution is 6.07. The van der Waals surface area contributed by atoms with Gasteiger partial charge in [-0.1, -0.05) is 36.4 Å². The van der Waals surface area contributed by atoms with Gasteiger partial charge in [-0.3, -0.25) is 24.6 Å². The molecule has 0 saturated carbocycles. The molecule has 0 aliphatic carbocycles. The lowest BCUT2D eigenvalue weighted by Gasteiger charge is -2.37. The zero-order chi connectivity index (χ0) is 48.6. The van der Waals surface area contributed by atoms with Crippen molar-refractivity contribution in [3.63, 3.8) is 0 Å². The summed E-state index contributed by atoms with van der Waals surface area (Å²) in [5.41, 5.74) is 5.98. The summed E-state index contributed by atoms with van der Waals surface area (Å²) in [6, 6.07) is 21.7. The molecule has 0 radical (unpaired) electrons. The van der Waals surface area contributed by atoms with E-state index >= 15 is 8.78 Å². The average molecular weight is 939 g/mol. The molecule has 0 atom stereocenters. The molecule has 16 heteroatoms. The fourth-order valence-corrected chi connectivity index (χ4v) is 9.52. The highest BCUT2D eigenvalue weighted by Gasteiger charge is 2.30. The highest BCUT2D eigenvalue weighted by Crippen LogP contribution is 2.36. The van der Waals surface area contributed by atoms with Gasteiger partial charge in [0.15, 0.2) is 0 Å². The summed E-state index contributed by atoms with van der Waals surface area (Å²) >= 11 is 0. The topological polar surface area (TPSA) is 173 Å². The molecule has 0 unspecified atom stereocenters. The van der Waals surface area contributed by atoms with Crippen LogP contribution in [0.5, 0.6) is 0 Å². The van der Waals surface area contributed by atoms with E-state index in [1.54, 1.807) is 19.1 Å². The maximum absolute atomic E-state index is 15.2. The van der Waals surface area contributed by atoms with Gasteiger partial charge in [0.1, 0.15) is 23.6 Å². The predicted octanol–water partition coefficient (Wildman–Crippen LogP) is 8.44. The predicted molar refractivity (Wildman–Crippen MR) is 259 cm³/mol. The van der Waals surface area contributed by atoms with E-state index in [4.69, 9.17) is 4.74 Å². The zero-order valence-electron chi connectivity index (χ0n) is 39.2. The highest BCUT2D eigenvalue weighted by atomic mass is 19.1. The Morgan fingerprint density at radius 3 is 2.29 bits per heavy atom. The van der Waals surface area contributed by atoms with Crippen molar-refractivity contribution in [2.75, 3.05) is 49.5 Å². The van der Waals surface area contributed by atoms with Crippen molar-refractivity contribution < 1.29 is 37.8 Å². The lowest BCUT2D eigenvalue weighted by Crippen LogP contribution is -2.50. The molecule has 6 aromatic rings. The third-order valence-electron chi connectivity index (χ3n) is 13.7. The van der Waals surface area contributed by atoms with E-state index in [0.717, 1.165) is 74.6 Å². The van der Waals surface area contributed by atoms with Crippen LogP contribution in [0.15, 0.2) is 85.2 Å². The molecule has 5 amide bonds. The molecule has 4 N–H and O–H groups in total. The molecule has 358 valence electrons. The van der Waals surface area contributed by atoms with Crippen molar-refractivity contribution in [3.05, 3.63) is 130 Å². The van der Waals surface area contributed by atoms with Gasteiger partial charge in [-0.25, -0.2) is 23.5 Å². The number of hydrogen-bond donors (Lipinski definition) is 4. The Kier molecular flexibility index (Phi) is 13.4. The molecule has 2 aromatic heterocycles. The van der Waals surface area contributed by atoms with Gasteiger partial charge in [-0.05, 0) is 130 Å². The standard InChI is InChI=1S/C53H56F2N8O6/c1-31-5-8-35(25-46(31)63-24-18-47(64)60-52(63)67)51(66)62-22-16-39(17-23-62)69-38-14-20-61(21-15-38)19-13-33-6-9-34(10-7-33)45-29-42-48(56-30-57-49(42)58-45)41-27-37(54)28-44(32(41)2)59-50(65)40-12-11-36(26-43(40)55)53(3,4)68/h5-12,25-30,38-39,68H,13-24H2,1-4H3,(H,59,65)(H,56,57,58)(H,60,64,67). The Morgan fingerprint density at radius 1 is 0.870 bits per heavy atom. The van der Waals surface area contributed by atoms with E-state index in [-0.39, 0.29) is 48.2 Å². The van der Waals surface area contributed by atoms with E-state index in [1.165, 1.54) is 54.9 Å². The second-order valence-electron chi connectivity index (χ2n) is 18.9. The monoisotopic (exact) mass is 938 g/mol. The number of aliphatic hydroxyl groups is 1. The number of ether oxygens (including phenoxy) is 1. The summed E-state index contributed by atoms with van der Waals surface area (Å²) < 4.78 is 36.8. The fourth-order valence-electron chi connectivity index (χ4n) is 9.52. The van der Waals surface area contributed by atoms with Crippen molar-refractivity contribution in [2.24, 2.45) is 0 Å². The molecular weight excluding hydrogens is 883 g/mol. The first-order valence-corrected chi connectivity index (χ1v) is 23.5. The Morgan fingerprint density at radius 2 is 1.59 bits per heavy atom. The molecule has 3 saturated heterocycles. The number of H-pyrrole nitrogens is 1. The smallest absolute Gasteiger partial charge is 0.328 e. The summed E-state index contributed by atoms with van der Waals surface area (Å²) in [5, 5.41) is 15.9. The minimum absolute atomic E-state index is 0.0690. The number of halogens is 2. The Balaban J connectivity index is 0.757. The minimum atomic E-state index is -1.29. The lowest BCUT2D eigenvalue weighted by atomic mass is 9.96. The number of aromatic amines is 1. The third-order valence-corrected chi connectivity index (χ3v) is 13.7. The van der Waals surface area contributed by atoms with Crippen molar-refractivity contribution >= 4 is 46.2 Å². The summed E-state index contributed by atoms with van der Waals surface area (Å²) in [7, 11) is 0. The quantitative estimate of drug-likeness (QED) is 0.0940. The van der Waals surface area contributed by atoms with Gasteiger partial charge in [0.05, 0.1) is 29.1 Å². The molecular formula is C53H56F2N8O6. The molecule has 3 aliphatic rings. The normalized spacial score (nSPS) is 16.6. The fraction of sp³-hybridized carbons (Fsp3) is 0.358. The lowest BCUT2D eigenvalue weighted by molar-refractivity contribution is -0.120. The first-order chi connectivity index (χ1) is 33.1. The van der Waals surface area contributed by atoms with Crippen LogP contribution in [0.1, 0.15) is 88.9 Å². The number of piperidine rings is 2. The van der Waals surface area contributed by atoms with Crippen LogP contribution >= 0.6 is 0 Å². The van der Waals surface area contributed by atoms with Crippen LogP contribution in [0, 0.1) is 25.5 Å². The number of aromatic nitrogens is 3. The zero-order valence-corrected chi connectivity index (χ0v) is 39.2. The number of urea groups is 1. The number of nitrogens with zero attached hydrogens (tertiary/aromatic N) is 5. The van der Waals surface area contributed by atoms with Gasteiger partial charge >= 0.3 is 6.03 Å². The van der Waals surface area contributed by atoms with Crippen molar-refractivity contribution in [2.45, 2.75) is 84.0 Å². The SMILES string of the molecule is Cc1ccc(C(=O)N2CCC(OC3CCN(CCc4ccc(-c5cc6c(-c7cc(F)cc(NC(=O)c8ccc(C(C)(C)O)cc8F)c7C)ncnc6[nH]5)cc4)CC3)CC2)cc1N1CCC(=O)NC1=O. The summed E-state index contributed by atoms with van der Waals surface area (Å²) in [4.78, 5) is 69.1. The average Bonchev–Trinajstić information content (AvgIpc) is 3.78. The van der Waals surface area contributed by atoms with Crippen LogP contribution in [0.2, 0.25) is 0 Å². The third kappa shape index (κ3) is 10.4. The van der Waals surface area contributed by atoms with E-state index in [2.05, 4.69) is 54.8 Å². The second kappa shape index (κ2) is 19.6. The number of likely N-dealkylation sites (tertiary alicyclic amines) is 2. The number of carbonyl (C=O) groups is 4. The molecule has 14 nitrogen and oxygen atoms in total. The van der Waals surface area contributed by atoms with Crippen LogP contribution < -0.4 is 15.5 Å². The maximum Gasteiger partial charge on any atom is 0.328 e. The van der Waals surface area contributed by atoms with E-state index in [9.17, 15) is 24.3 Å². The number of amides is 5. The number of carbonyl (C=O) groups excluding carboxylic acids is 4. The number of rotatable bonds is 12. The van der Waals surface area contributed by atoms with E-state index < -0.39 is 29.2 Å². The summed E-state index contributed by atoms with van der Waals surface area (Å²) in [5.74, 6) is -2.53. The Bertz CT molecular complexity index is 2930. The number of benzene rings is 4. The molecule has 0 bridgehead atoms. The van der Waals surface area contributed by atoms with Crippen LogP contribution in [0.4, 0.5) is 25.0 Å². The van der Waals surface area contributed by atoms with Crippen LogP contribution in [0.3, 0.4) is 0 Å². The number of nitrogens with one attached hydrogen (secondary N) is 3. The Labute approximate surface area is 399 Å². The first kappa shape index (κ1) is 47.2. The molecule has 3 aliphatic heterocycles. The van der Waals surface area contributed by atoms with Crippen LogP contribution in [-0.4, -0.2) is 105 Å². The number of aryl methyl sites for hydroxylation is 1. The summed E-state index contributed by atoms with van der Waals surface area (Å²) in [6.07, 6.45) is 6.25. The van der Waals surface area contributed by atoms with Gasteiger partial charge in [0, 0.05) is 79.3 Å². The van der Waals surface area contributed by atoms with Crippen molar-refractivity contribution in [1.29, 1.82) is 0 Å². The van der Waals surface area contributed by atoms with E-state index in [1.807, 2.05) is 24.0 Å². The van der Waals surface area contributed by atoms with E-state index in [0.29, 0.717) is 57.8 Å². The summed E-state index contributed by atoms with van der Waals surface area (Å²) in [6.45, 7) is 11.0. The minimum Gasteiger partial charge on any atom is -0.386 e. The van der Waals surface area contributed by atoms with Crippen LogP contribution in [-0.2, 0) is 21.6 Å². The Hall–Kier alpha value is -6.88.